The highest BCUT2D eigenvalue weighted by Gasteiger charge is 2.38. The fourth-order valence-electron chi connectivity index (χ4n) is 3.44. The second-order valence-electron chi connectivity index (χ2n) is 7.85. The van der Waals surface area contributed by atoms with Crippen LogP contribution in [0.4, 0.5) is 36.3 Å². The van der Waals surface area contributed by atoms with Crippen molar-refractivity contribution in [1.29, 1.82) is 0 Å². The number of anilines is 4. The third-order valence-electron chi connectivity index (χ3n) is 5.10. The highest BCUT2D eigenvalue weighted by Crippen LogP contribution is 2.30. The zero-order chi connectivity index (χ0) is 26.4. The Hall–Kier alpha value is -4.31. The van der Waals surface area contributed by atoms with Gasteiger partial charge < -0.3 is 20.5 Å². The maximum Gasteiger partial charge on any atom is 0.490 e. The van der Waals surface area contributed by atoms with Gasteiger partial charge in [0.15, 0.2) is 5.82 Å². The molecule has 0 saturated carbocycles. The molecule has 1 aliphatic heterocycles. The molecule has 1 aliphatic rings. The molecule has 7 nitrogen and oxygen atoms in total. The molecule has 3 aromatic carbocycles. The van der Waals surface area contributed by atoms with Crippen LogP contribution in [-0.2, 0) is 11.2 Å². The lowest BCUT2D eigenvalue weighted by molar-refractivity contribution is -0.192. The minimum absolute atomic E-state index is 0.442. The fourth-order valence-corrected chi connectivity index (χ4v) is 3.58. The first-order chi connectivity index (χ1) is 17.7. The number of carboxylic acid groups (broad SMARTS) is 1. The van der Waals surface area contributed by atoms with E-state index in [1.165, 1.54) is 5.56 Å². The van der Waals surface area contributed by atoms with E-state index in [2.05, 4.69) is 50.9 Å². The third-order valence-corrected chi connectivity index (χ3v) is 5.38. The zero-order valence-electron chi connectivity index (χ0n) is 19.1. The summed E-state index contributed by atoms with van der Waals surface area (Å²) < 4.78 is 37.7. The number of alkyl halides is 3. The molecule has 4 aromatic rings. The number of fused-ring (bicyclic) bond motifs is 6. The van der Waals surface area contributed by atoms with E-state index in [1.807, 2.05) is 42.5 Å². The Morgan fingerprint density at radius 3 is 2.43 bits per heavy atom. The molecule has 190 valence electrons. The molecular formula is C26H20ClF3N4O3. The first-order valence-corrected chi connectivity index (χ1v) is 11.3. The van der Waals surface area contributed by atoms with E-state index in [-0.39, 0.29) is 0 Å². The van der Waals surface area contributed by atoms with Crippen molar-refractivity contribution in [1.82, 2.24) is 9.97 Å². The van der Waals surface area contributed by atoms with Crippen LogP contribution in [0.5, 0.6) is 5.75 Å². The molecule has 5 rings (SSSR count). The topological polar surface area (TPSA) is 96.4 Å². The summed E-state index contributed by atoms with van der Waals surface area (Å²) in [6.45, 7) is 0.573. The highest BCUT2D eigenvalue weighted by molar-refractivity contribution is 6.32. The Bertz CT molecular complexity index is 1400. The summed E-state index contributed by atoms with van der Waals surface area (Å²) in [5.41, 5.74) is 5.20. The van der Waals surface area contributed by atoms with Crippen LogP contribution in [0, 0.1) is 0 Å². The van der Waals surface area contributed by atoms with Gasteiger partial charge in [0, 0.05) is 23.9 Å². The van der Waals surface area contributed by atoms with Crippen molar-refractivity contribution in [3.05, 3.63) is 89.6 Å². The lowest BCUT2D eigenvalue weighted by Gasteiger charge is -2.15. The predicted molar refractivity (Wildman–Crippen MR) is 135 cm³/mol. The summed E-state index contributed by atoms with van der Waals surface area (Å²) in [4.78, 5) is 17.8. The van der Waals surface area contributed by atoms with E-state index < -0.39 is 12.1 Å². The van der Waals surface area contributed by atoms with Crippen LogP contribution >= 0.6 is 11.6 Å². The second kappa shape index (κ2) is 11.2. The molecule has 0 radical (unpaired) electrons. The number of carboxylic acids is 1. The van der Waals surface area contributed by atoms with E-state index >= 15 is 0 Å². The van der Waals surface area contributed by atoms with Crippen molar-refractivity contribution in [2.75, 3.05) is 17.2 Å². The molecule has 0 unspecified atom stereocenters. The van der Waals surface area contributed by atoms with Crippen molar-refractivity contribution < 1.29 is 27.8 Å². The van der Waals surface area contributed by atoms with Crippen LogP contribution in [0.15, 0.2) is 79.0 Å². The maximum absolute atomic E-state index is 10.6. The van der Waals surface area contributed by atoms with Gasteiger partial charge in [0.25, 0.3) is 0 Å². The molecule has 2 heterocycles. The molecule has 0 aliphatic carbocycles. The summed E-state index contributed by atoms with van der Waals surface area (Å²) in [5.74, 6) is -0.960. The molecule has 0 fully saturated rings. The number of ether oxygens (including phenoxy) is 1. The fraction of sp³-hybridized carbons (Fsp3) is 0.115. The molecule has 1 aromatic heterocycles. The van der Waals surface area contributed by atoms with Gasteiger partial charge >= 0.3 is 12.1 Å². The number of nitrogens with zero attached hydrogens (tertiary/aromatic N) is 2. The number of nitrogens with one attached hydrogen (secondary N) is 2. The largest absolute Gasteiger partial charge is 0.493 e. The number of hydrogen-bond acceptors (Lipinski definition) is 6. The smallest absolute Gasteiger partial charge is 0.490 e. The van der Waals surface area contributed by atoms with Gasteiger partial charge in [-0.1, -0.05) is 54.1 Å². The average molecular weight is 529 g/mol. The summed E-state index contributed by atoms with van der Waals surface area (Å²) in [6, 6.07) is 24.4. The van der Waals surface area contributed by atoms with Crippen LogP contribution < -0.4 is 15.4 Å². The number of aromatic nitrogens is 2. The van der Waals surface area contributed by atoms with Gasteiger partial charge in [-0.15, -0.1) is 0 Å². The van der Waals surface area contributed by atoms with E-state index in [1.54, 1.807) is 6.20 Å². The van der Waals surface area contributed by atoms with Gasteiger partial charge in [-0.3, -0.25) is 0 Å². The molecule has 6 bridgehead atoms. The van der Waals surface area contributed by atoms with Crippen molar-refractivity contribution in [3.63, 3.8) is 0 Å². The van der Waals surface area contributed by atoms with Crippen LogP contribution in [-0.4, -0.2) is 33.8 Å². The van der Waals surface area contributed by atoms with Gasteiger partial charge in [0.05, 0.1) is 12.8 Å². The number of halogens is 4. The molecule has 0 saturated heterocycles. The lowest BCUT2D eigenvalue weighted by Crippen LogP contribution is -2.21. The van der Waals surface area contributed by atoms with E-state index in [0.29, 0.717) is 23.4 Å². The Labute approximate surface area is 214 Å². The maximum atomic E-state index is 10.6. The summed E-state index contributed by atoms with van der Waals surface area (Å²) in [7, 11) is 0. The number of rotatable bonds is 1. The quantitative estimate of drug-likeness (QED) is 0.248. The van der Waals surface area contributed by atoms with Crippen molar-refractivity contribution in [3.8, 4) is 16.9 Å². The SMILES string of the molecule is Clc1cnc2nc1Nc1cccc(c1)OCCc1cc(cc(-c3ccccc3)c1)N2.O=C(O)C(F)(F)F. The standard InChI is InChI=1S/C24H19ClN4O.C2HF3O2/c25-22-15-26-24-28-20-12-16(11-18(13-20)17-5-2-1-3-6-17)9-10-30-21-8-4-7-19(14-21)27-23(22)29-24;3-2(4,5)1(6)7/h1-8,11-15H,9-10H2,(H2,26,27,28,29);(H,6,7). The number of hydrogen-bond donors (Lipinski definition) is 3. The van der Waals surface area contributed by atoms with Gasteiger partial charge in [-0.2, -0.15) is 18.2 Å². The average Bonchev–Trinajstić information content (AvgIpc) is 2.86. The number of aliphatic carboxylic acids is 1. The Morgan fingerprint density at radius 2 is 1.70 bits per heavy atom. The molecular weight excluding hydrogens is 509 g/mol. The van der Waals surface area contributed by atoms with Gasteiger partial charge in [-0.25, -0.2) is 9.78 Å². The lowest BCUT2D eigenvalue weighted by atomic mass is 10.0. The molecule has 0 atom stereocenters. The third kappa shape index (κ3) is 7.11. The molecule has 37 heavy (non-hydrogen) atoms. The van der Waals surface area contributed by atoms with Crippen LogP contribution in [0.2, 0.25) is 5.02 Å². The van der Waals surface area contributed by atoms with E-state index in [9.17, 15) is 13.2 Å². The van der Waals surface area contributed by atoms with Crippen molar-refractivity contribution >= 4 is 40.7 Å². The monoisotopic (exact) mass is 528 g/mol. The number of carbonyl (C=O) groups is 1. The Morgan fingerprint density at radius 1 is 0.946 bits per heavy atom. The Balaban J connectivity index is 0.000000405. The van der Waals surface area contributed by atoms with Crippen LogP contribution in [0.3, 0.4) is 0 Å². The summed E-state index contributed by atoms with van der Waals surface area (Å²) in [6.07, 6.45) is -2.72. The van der Waals surface area contributed by atoms with Crippen molar-refractivity contribution in [2.45, 2.75) is 12.6 Å². The minimum atomic E-state index is -5.08. The first-order valence-electron chi connectivity index (χ1n) is 11.0. The molecule has 11 heteroatoms. The van der Waals surface area contributed by atoms with E-state index in [4.69, 9.17) is 26.2 Å². The predicted octanol–water partition coefficient (Wildman–Crippen LogP) is 6.85. The molecule has 3 N–H and O–H groups in total. The zero-order valence-corrected chi connectivity index (χ0v) is 19.8. The highest BCUT2D eigenvalue weighted by atomic mass is 35.5. The van der Waals surface area contributed by atoms with Gasteiger partial charge in [0.1, 0.15) is 10.8 Å². The molecule has 0 amide bonds. The Kier molecular flexibility index (Phi) is 7.78. The van der Waals surface area contributed by atoms with Crippen LogP contribution in [0.1, 0.15) is 5.56 Å². The van der Waals surface area contributed by atoms with Crippen LogP contribution in [0.25, 0.3) is 11.1 Å². The first kappa shape index (κ1) is 25.8. The van der Waals surface area contributed by atoms with Gasteiger partial charge in [0.2, 0.25) is 5.95 Å². The normalized spacial score (nSPS) is 12.4. The minimum Gasteiger partial charge on any atom is -0.493 e. The summed E-state index contributed by atoms with van der Waals surface area (Å²) in [5, 5.41) is 14.1. The van der Waals surface area contributed by atoms with Crippen molar-refractivity contribution in [2.24, 2.45) is 0 Å². The van der Waals surface area contributed by atoms with Gasteiger partial charge in [-0.05, 0) is 41.0 Å². The number of benzene rings is 3. The summed E-state index contributed by atoms with van der Waals surface area (Å²) >= 11 is 6.32. The molecule has 0 spiro atoms. The second-order valence-corrected chi connectivity index (χ2v) is 8.26. The van der Waals surface area contributed by atoms with E-state index in [0.717, 1.165) is 34.7 Å².